The highest BCUT2D eigenvalue weighted by Crippen LogP contribution is 2.06. The molecule has 1 aromatic heterocycles. The van der Waals surface area contributed by atoms with Crippen molar-refractivity contribution in [1.29, 1.82) is 0 Å². The molecule has 0 aliphatic rings. The Morgan fingerprint density at radius 3 is 2.64 bits per heavy atom. The van der Waals surface area contributed by atoms with E-state index in [0.717, 1.165) is 50.9 Å². The molecule has 1 aromatic carbocycles. The van der Waals surface area contributed by atoms with Gasteiger partial charge in [0.05, 0.1) is 6.54 Å². The van der Waals surface area contributed by atoms with Gasteiger partial charge in [-0.05, 0) is 26.5 Å². The summed E-state index contributed by atoms with van der Waals surface area (Å²) >= 11 is 0. The van der Waals surface area contributed by atoms with Gasteiger partial charge < -0.3 is 15.2 Å². The van der Waals surface area contributed by atoms with Gasteiger partial charge in [-0.3, -0.25) is 9.89 Å². The van der Waals surface area contributed by atoms with Gasteiger partial charge in [0.25, 0.3) is 0 Å². The van der Waals surface area contributed by atoms with Crippen molar-refractivity contribution in [1.82, 2.24) is 30.3 Å². The standard InChI is InChI=1S/C20H33N7.HI/c1-5-19-25-24-16-27(19)13-12-22-20(21-6-2)23-14-17(3)26(4)15-18-10-8-7-9-11-18;/h7-11,16-17H,5-6,12-15H2,1-4H3,(H2,21,22,23);1H. The monoisotopic (exact) mass is 499 g/mol. The molecule has 0 saturated heterocycles. The van der Waals surface area contributed by atoms with Gasteiger partial charge in [0.2, 0.25) is 0 Å². The quantitative estimate of drug-likeness (QED) is 0.299. The van der Waals surface area contributed by atoms with Gasteiger partial charge >= 0.3 is 0 Å². The lowest BCUT2D eigenvalue weighted by Crippen LogP contribution is -2.40. The third-order valence-electron chi connectivity index (χ3n) is 4.54. The van der Waals surface area contributed by atoms with E-state index < -0.39 is 0 Å². The maximum atomic E-state index is 4.75. The van der Waals surface area contributed by atoms with Crippen molar-refractivity contribution in [3.05, 3.63) is 48.0 Å². The Bertz CT molecular complexity index is 687. The van der Waals surface area contributed by atoms with Crippen LogP contribution in [0.2, 0.25) is 0 Å². The molecule has 156 valence electrons. The number of aliphatic imine (C=N–C) groups is 1. The lowest BCUT2D eigenvalue weighted by molar-refractivity contribution is 0.255. The highest BCUT2D eigenvalue weighted by atomic mass is 127. The van der Waals surface area contributed by atoms with Crippen molar-refractivity contribution in [3.63, 3.8) is 0 Å². The van der Waals surface area contributed by atoms with Crippen LogP contribution in [0, 0.1) is 0 Å². The van der Waals surface area contributed by atoms with E-state index >= 15 is 0 Å². The number of halogens is 1. The first-order valence-electron chi connectivity index (χ1n) is 9.77. The number of hydrogen-bond acceptors (Lipinski definition) is 4. The van der Waals surface area contributed by atoms with E-state index in [0.29, 0.717) is 6.04 Å². The SMILES string of the molecule is CCNC(=NCC(C)N(C)Cc1ccccc1)NCCn1cnnc1CC.I. The molecular formula is C20H34IN7. The van der Waals surface area contributed by atoms with Crippen molar-refractivity contribution >= 4 is 29.9 Å². The van der Waals surface area contributed by atoms with Crippen LogP contribution >= 0.6 is 24.0 Å². The van der Waals surface area contributed by atoms with E-state index in [4.69, 9.17) is 4.99 Å². The highest BCUT2D eigenvalue weighted by Gasteiger charge is 2.10. The van der Waals surface area contributed by atoms with Crippen molar-refractivity contribution in [2.45, 2.75) is 46.3 Å². The molecule has 0 bridgehead atoms. The van der Waals surface area contributed by atoms with Crippen LogP contribution < -0.4 is 10.6 Å². The van der Waals surface area contributed by atoms with E-state index in [1.807, 2.05) is 0 Å². The van der Waals surface area contributed by atoms with Gasteiger partial charge in [0, 0.05) is 38.6 Å². The number of nitrogens with one attached hydrogen (secondary N) is 2. The minimum absolute atomic E-state index is 0. The van der Waals surface area contributed by atoms with Crippen molar-refractivity contribution in [2.24, 2.45) is 4.99 Å². The number of nitrogens with zero attached hydrogens (tertiary/aromatic N) is 5. The number of hydrogen-bond donors (Lipinski definition) is 2. The second-order valence-corrected chi connectivity index (χ2v) is 6.69. The number of likely N-dealkylation sites (N-methyl/N-ethyl adjacent to an activating group) is 1. The van der Waals surface area contributed by atoms with Crippen LogP contribution in [0.4, 0.5) is 0 Å². The maximum absolute atomic E-state index is 4.75. The Kier molecular flexibility index (Phi) is 11.7. The Hall–Kier alpha value is -1.68. The zero-order valence-electron chi connectivity index (χ0n) is 17.4. The fraction of sp³-hybridized carbons (Fsp3) is 0.550. The van der Waals surface area contributed by atoms with Crippen LogP contribution in [-0.4, -0.2) is 58.3 Å². The Morgan fingerprint density at radius 2 is 1.96 bits per heavy atom. The molecule has 0 amide bonds. The molecule has 1 unspecified atom stereocenters. The van der Waals surface area contributed by atoms with Gasteiger partial charge in [-0.1, -0.05) is 37.3 Å². The zero-order valence-corrected chi connectivity index (χ0v) is 19.8. The molecule has 1 atom stereocenters. The first-order valence-corrected chi connectivity index (χ1v) is 9.77. The molecule has 0 fully saturated rings. The Morgan fingerprint density at radius 1 is 1.21 bits per heavy atom. The smallest absolute Gasteiger partial charge is 0.191 e. The summed E-state index contributed by atoms with van der Waals surface area (Å²) in [4.78, 5) is 7.08. The number of guanidine groups is 1. The lowest BCUT2D eigenvalue weighted by atomic mass is 10.2. The predicted molar refractivity (Wildman–Crippen MR) is 126 cm³/mol. The molecule has 1 heterocycles. The predicted octanol–water partition coefficient (Wildman–Crippen LogP) is 2.53. The number of rotatable bonds is 10. The third kappa shape index (κ3) is 8.14. The average molecular weight is 499 g/mol. The normalized spacial score (nSPS) is 12.5. The second-order valence-electron chi connectivity index (χ2n) is 6.69. The van der Waals surface area contributed by atoms with E-state index in [2.05, 4.69) is 88.4 Å². The fourth-order valence-corrected chi connectivity index (χ4v) is 2.77. The lowest BCUT2D eigenvalue weighted by Gasteiger charge is -2.24. The molecule has 28 heavy (non-hydrogen) atoms. The van der Waals surface area contributed by atoms with E-state index in [-0.39, 0.29) is 24.0 Å². The topological polar surface area (TPSA) is 70.4 Å². The number of aryl methyl sites for hydroxylation is 1. The van der Waals surface area contributed by atoms with E-state index in [1.54, 1.807) is 6.33 Å². The summed E-state index contributed by atoms with van der Waals surface area (Å²) in [5.74, 6) is 1.86. The second kappa shape index (κ2) is 13.5. The zero-order chi connectivity index (χ0) is 19.5. The van der Waals surface area contributed by atoms with Gasteiger partial charge in [-0.2, -0.15) is 0 Å². The van der Waals surface area contributed by atoms with Crippen LogP contribution in [0.5, 0.6) is 0 Å². The molecule has 0 radical (unpaired) electrons. The maximum Gasteiger partial charge on any atom is 0.191 e. The first-order chi connectivity index (χ1) is 13.1. The summed E-state index contributed by atoms with van der Waals surface area (Å²) in [7, 11) is 2.14. The van der Waals surface area contributed by atoms with Crippen molar-refractivity contribution in [2.75, 3.05) is 26.7 Å². The minimum Gasteiger partial charge on any atom is -0.357 e. The first kappa shape index (κ1) is 24.4. The Balaban J connectivity index is 0.00000392. The molecule has 0 aliphatic carbocycles. The molecule has 2 rings (SSSR count). The van der Waals surface area contributed by atoms with E-state index in [9.17, 15) is 0 Å². The summed E-state index contributed by atoms with van der Waals surface area (Å²) in [6.07, 6.45) is 2.67. The van der Waals surface area contributed by atoms with E-state index in [1.165, 1.54) is 5.56 Å². The summed E-state index contributed by atoms with van der Waals surface area (Å²) in [6.45, 7) is 10.5. The fourth-order valence-electron chi connectivity index (χ4n) is 2.77. The van der Waals surface area contributed by atoms with Crippen LogP contribution in [0.3, 0.4) is 0 Å². The molecule has 7 nitrogen and oxygen atoms in total. The summed E-state index contributed by atoms with van der Waals surface area (Å²) in [5.41, 5.74) is 1.32. The molecule has 8 heteroatoms. The average Bonchev–Trinajstić information content (AvgIpc) is 3.14. The molecule has 2 N–H and O–H groups in total. The van der Waals surface area contributed by atoms with Crippen LogP contribution in [0.15, 0.2) is 41.7 Å². The Labute approximate surface area is 186 Å². The van der Waals surface area contributed by atoms with Crippen LogP contribution in [-0.2, 0) is 19.5 Å². The van der Waals surface area contributed by atoms with Gasteiger partial charge in [0.15, 0.2) is 5.96 Å². The van der Waals surface area contributed by atoms with Crippen LogP contribution in [0.25, 0.3) is 0 Å². The van der Waals surface area contributed by atoms with Crippen LogP contribution in [0.1, 0.15) is 32.2 Å². The summed E-state index contributed by atoms with van der Waals surface area (Å²) in [6, 6.07) is 10.9. The number of benzene rings is 1. The van der Waals surface area contributed by atoms with Gasteiger partial charge in [-0.25, -0.2) is 0 Å². The summed E-state index contributed by atoms with van der Waals surface area (Å²) in [5, 5.41) is 14.8. The highest BCUT2D eigenvalue weighted by molar-refractivity contribution is 14.0. The largest absolute Gasteiger partial charge is 0.357 e. The van der Waals surface area contributed by atoms with Gasteiger partial charge in [-0.15, -0.1) is 34.2 Å². The van der Waals surface area contributed by atoms with Crippen molar-refractivity contribution < 1.29 is 0 Å². The minimum atomic E-state index is 0. The number of aromatic nitrogens is 3. The summed E-state index contributed by atoms with van der Waals surface area (Å²) < 4.78 is 2.08. The van der Waals surface area contributed by atoms with Crippen molar-refractivity contribution in [3.8, 4) is 0 Å². The molecule has 0 aliphatic heterocycles. The molecular weight excluding hydrogens is 465 g/mol. The van der Waals surface area contributed by atoms with Gasteiger partial charge in [0.1, 0.15) is 12.2 Å². The molecule has 0 spiro atoms. The molecule has 0 saturated carbocycles. The third-order valence-corrected chi connectivity index (χ3v) is 4.54. The molecule has 2 aromatic rings.